The Morgan fingerprint density at radius 2 is 2.00 bits per heavy atom. The zero-order valence-corrected chi connectivity index (χ0v) is 6.10. The molecule has 54 valence electrons. The number of hydrogen-bond acceptors (Lipinski definition) is 2. The Bertz CT molecular complexity index is 81.1. The number of carbonyl (C=O) groups excluding carboxylic acids is 2. The zero-order valence-electron chi connectivity index (χ0n) is 6.10. The second-order valence-electron chi connectivity index (χ2n) is 1.10. The van der Waals surface area contributed by atoms with Crippen LogP contribution in [0.2, 0.25) is 0 Å². The maximum Gasteiger partial charge on any atom is 0.217 e. The Morgan fingerprint density at radius 3 is 2.11 bits per heavy atom. The van der Waals surface area contributed by atoms with Crippen LogP contribution in [0.15, 0.2) is 0 Å². The number of aldehydes is 1. The lowest BCUT2D eigenvalue weighted by Gasteiger charge is -1.88. The molecule has 0 rings (SSSR count). The molecule has 0 heterocycles. The maximum atomic E-state index is 9.93. The number of amides is 1. The highest BCUT2D eigenvalue weighted by molar-refractivity contribution is 5.75. The molecule has 0 radical (unpaired) electrons. The molecule has 0 aromatic heterocycles. The van der Waals surface area contributed by atoms with Crippen molar-refractivity contribution in [1.82, 2.24) is 5.32 Å². The summed E-state index contributed by atoms with van der Waals surface area (Å²) in [5.41, 5.74) is 0. The molecule has 0 unspecified atom stereocenters. The van der Waals surface area contributed by atoms with Crippen LogP contribution in [0.1, 0.15) is 20.8 Å². The third-order valence-corrected chi connectivity index (χ3v) is 0.434. The summed E-state index contributed by atoms with van der Waals surface area (Å²) in [5, 5.41) is 2.29. The lowest BCUT2D eigenvalue weighted by atomic mass is 10.6. The molecule has 1 N–H and O–H groups in total. The summed E-state index contributed by atoms with van der Waals surface area (Å²) in [6.45, 7) is 5.48. The van der Waals surface area contributed by atoms with E-state index in [1.807, 2.05) is 13.8 Å². The second-order valence-corrected chi connectivity index (χ2v) is 1.10. The second kappa shape index (κ2) is 10.2. The van der Waals surface area contributed by atoms with Crippen LogP contribution in [0.4, 0.5) is 0 Å². The number of nitrogens with one attached hydrogen (secondary N) is 1. The van der Waals surface area contributed by atoms with Crippen LogP contribution >= 0.6 is 0 Å². The monoisotopic (exact) mass is 131 g/mol. The van der Waals surface area contributed by atoms with Gasteiger partial charge in [0, 0.05) is 6.92 Å². The van der Waals surface area contributed by atoms with Crippen LogP contribution in [0.25, 0.3) is 0 Å². The van der Waals surface area contributed by atoms with Gasteiger partial charge >= 0.3 is 0 Å². The van der Waals surface area contributed by atoms with Gasteiger partial charge in [0.25, 0.3) is 0 Å². The van der Waals surface area contributed by atoms with E-state index in [2.05, 4.69) is 5.32 Å². The van der Waals surface area contributed by atoms with E-state index >= 15 is 0 Å². The Labute approximate surface area is 55.4 Å². The quantitative estimate of drug-likeness (QED) is 0.549. The van der Waals surface area contributed by atoms with Crippen molar-refractivity contribution < 1.29 is 9.59 Å². The molecule has 3 heteroatoms. The first-order valence-corrected chi connectivity index (χ1v) is 2.95. The summed E-state index contributed by atoms with van der Waals surface area (Å²) < 4.78 is 0. The van der Waals surface area contributed by atoms with E-state index in [1.165, 1.54) is 6.92 Å². The minimum absolute atomic E-state index is 0.120. The largest absolute Gasteiger partial charge is 0.350 e. The molecule has 0 aliphatic heterocycles. The van der Waals surface area contributed by atoms with E-state index in [4.69, 9.17) is 0 Å². The van der Waals surface area contributed by atoms with Crippen molar-refractivity contribution >= 4 is 12.2 Å². The van der Waals surface area contributed by atoms with Gasteiger partial charge in [-0.2, -0.15) is 0 Å². The Kier molecular flexibility index (Phi) is 12.5. The molecule has 0 aliphatic carbocycles. The molecule has 0 fully saturated rings. The average molecular weight is 131 g/mol. The molecular weight excluding hydrogens is 118 g/mol. The first-order valence-electron chi connectivity index (χ1n) is 2.95. The fourth-order valence-corrected chi connectivity index (χ4v) is 0.185. The van der Waals surface area contributed by atoms with Gasteiger partial charge < -0.3 is 10.1 Å². The van der Waals surface area contributed by atoms with Gasteiger partial charge in [0.1, 0.15) is 6.29 Å². The summed E-state index contributed by atoms with van der Waals surface area (Å²) in [4.78, 5) is 19.4. The first kappa shape index (κ1) is 11.0. The van der Waals surface area contributed by atoms with Crippen molar-refractivity contribution in [3.63, 3.8) is 0 Å². The molecule has 0 aromatic rings. The number of carbonyl (C=O) groups is 2. The van der Waals surface area contributed by atoms with Gasteiger partial charge in [-0.1, -0.05) is 13.8 Å². The van der Waals surface area contributed by atoms with Crippen LogP contribution in [-0.2, 0) is 9.59 Å². The highest BCUT2D eigenvalue weighted by Crippen LogP contribution is 1.53. The fraction of sp³-hybridized carbons (Fsp3) is 0.667. The molecule has 0 saturated carbocycles. The number of rotatable bonds is 2. The molecule has 0 spiro atoms. The van der Waals surface area contributed by atoms with Crippen LogP contribution in [-0.4, -0.2) is 18.7 Å². The zero-order chi connectivity index (χ0) is 7.70. The molecule has 1 amide bonds. The highest BCUT2D eigenvalue weighted by atomic mass is 16.1. The van der Waals surface area contributed by atoms with Gasteiger partial charge in [0.2, 0.25) is 5.91 Å². The third-order valence-electron chi connectivity index (χ3n) is 0.434. The Hall–Kier alpha value is -0.860. The van der Waals surface area contributed by atoms with Gasteiger partial charge in [-0.25, -0.2) is 0 Å². The van der Waals surface area contributed by atoms with Crippen molar-refractivity contribution in [2.75, 3.05) is 6.54 Å². The van der Waals surface area contributed by atoms with E-state index in [0.29, 0.717) is 6.29 Å². The number of hydrogen-bond donors (Lipinski definition) is 1. The topological polar surface area (TPSA) is 46.2 Å². The van der Waals surface area contributed by atoms with E-state index in [1.54, 1.807) is 0 Å². The summed E-state index contributed by atoms with van der Waals surface area (Å²) in [7, 11) is 0. The Morgan fingerprint density at radius 1 is 1.56 bits per heavy atom. The molecule has 0 atom stereocenters. The summed E-state index contributed by atoms with van der Waals surface area (Å²) >= 11 is 0. The van der Waals surface area contributed by atoms with E-state index in [-0.39, 0.29) is 12.5 Å². The summed E-state index contributed by atoms with van der Waals surface area (Å²) in [6, 6.07) is 0. The van der Waals surface area contributed by atoms with Gasteiger partial charge in [-0.15, -0.1) is 0 Å². The fourth-order valence-electron chi connectivity index (χ4n) is 0.185. The summed E-state index contributed by atoms with van der Waals surface area (Å²) in [5.74, 6) is -0.174. The predicted octanol–water partition coefficient (Wildman–Crippen LogP) is 0.348. The molecule has 0 aromatic carbocycles. The predicted molar refractivity (Wildman–Crippen MR) is 36.1 cm³/mol. The highest BCUT2D eigenvalue weighted by Gasteiger charge is 1.83. The van der Waals surface area contributed by atoms with E-state index in [9.17, 15) is 9.59 Å². The van der Waals surface area contributed by atoms with Crippen LogP contribution in [0.3, 0.4) is 0 Å². The van der Waals surface area contributed by atoms with Gasteiger partial charge in [-0.05, 0) is 0 Å². The van der Waals surface area contributed by atoms with Gasteiger partial charge in [-0.3, -0.25) is 4.79 Å². The van der Waals surface area contributed by atoms with Crippen LogP contribution < -0.4 is 5.32 Å². The van der Waals surface area contributed by atoms with Crippen LogP contribution in [0, 0.1) is 0 Å². The van der Waals surface area contributed by atoms with E-state index < -0.39 is 0 Å². The smallest absolute Gasteiger partial charge is 0.217 e. The van der Waals surface area contributed by atoms with Gasteiger partial charge in [0.05, 0.1) is 6.54 Å². The van der Waals surface area contributed by atoms with Crippen LogP contribution in [0.5, 0.6) is 0 Å². The molecule has 3 nitrogen and oxygen atoms in total. The Balaban J connectivity index is 0. The molecule has 0 aliphatic rings. The lowest BCUT2D eigenvalue weighted by molar-refractivity contribution is -0.120. The molecule has 9 heavy (non-hydrogen) atoms. The summed E-state index contributed by atoms with van der Waals surface area (Å²) in [6.07, 6.45) is 0.640. The minimum Gasteiger partial charge on any atom is -0.350 e. The van der Waals surface area contributed by atoms with E-state index in [0.717, 1.165) is 0 Å². The van der Waals surface area contributed by atoms with Crippen molar-refractivity contribution in [3.05, 3.63) is 0 Å². The minimum atomic E-state index is -0.174. The standard InChI is InChI=1S/C4H7NO2.C2H6/c1-4(7)5-2-3-6;1-2/h3H,2H2,1H3,(H,5,7);1-2H3. The average Bonchev–Trinajstić information content (AvgIpc) is 1.88. The van der Waals surface area contributed by atoms with Crippen molar-refractivity contribution in [3.8, 4) is 0 Å². The maximum absolute atomic E-state index is 9.93. The SMILES string of the molecule is CC.CC(=O)NCC=O. The third kappa shape index (κ3) is 19.1. The molecular formula is C6H13NO2. The van der Waals surface area contributed by atoms with Gasteiger partial charge in [0.15, 0.2) is 0 Å². The van der Waals surface area contributed by atoms with Crippen molar-refractivity contribution in [2.24, 2.45) is 0 Å². The normalized spacial score (nSPS) is 6.56. The molecule has 0 bridgehead atoms. The van der Waals surface area contributed by atoms with Crippen molar-refractivity contribution in [1.29, 1.82) is 0 Å². The lowest BCUT2D eigenvalue weighted by Crippen LogP contribution is -2.21. The van der Waals surface area contributed by atoms with Crippen molar-refractivity contribution in [2.45, 2.75) is 20.8 Å². The first-order chi connectivity index (χ1) is 4.27. The molecule has 0 saturated heterocycles.